The van der Waals surface area contributed by atoms with Crippen LogP contribution in [0.4, 0.5) is 5.13 Å². The monoisotopic (exact) mass is 575 g/mol. The molecule has 13 nitrogen and oxygen atoms in total. The number of nitrogens with zero attached hydrogens (tertiary/aromatic N) is 4. The molecule has 0 spiro atoms. The molecule has 2 aromatic rings. The van der Waals surface area contributed by atoms with Gasteiger partial charge in [-0.05, 0) is 17.7 Å². The van der Waals surface area contributed by atoms with Crippen molar-refractivity contribution in [1.82, 2.24) is 25.5 Å². The third kappa shape index (κ3) is 5.19. The second kappa shape index (κ2) is 11.0. The van der Waals surface area contributed by atoms with E-state index in [1.54, 1.807) is 12.4 Å². The van der Waals surface area contributed by atoms with Crippen LogP contribution in [-0.2, 0) is 24.0 Å². The number of pyridine rings is 1. The minimum Gasteiger partial charge on any atom is -0.477 e. The Kier molecular flexibility index (Phi) is 7.53. The van der Waals surface area contributed by atoms with Crippen LogP contribution in [0.1, 0.15) is 12.1 Å². The van der Waals surface area contributed by atoms with E-state index in [0.717, 1.165) is 16.2 Å². The number of nitrogens with one attached hydrogen (secondary N) is 2. The van der Waals surface area contributed by atoms with Crippen LogP contribution < -0.4 is 16.4 Å². The first-order chi connectivity index (χ1) is 18.3. The minimum absolute atomic E-state index is 0.0671. The lowest BCUT2D eigenvalue weighted by Crippen LogP contribution is -2.71. The zero-order valence-corrected chi connectivity index (χ0v) is 22.0. The van der Waals surface area contributed by atoms with E-state index >= 15 is 0 Å². The number of nitrogen functional groups attached to an aromatic ring is 1. The van der Waals surface area contributed by atoms with Crippen molar-refractivity contribution in [2.24, 2.45) is 5.16 Å². The smallest absolute Gasteiger partial charge is 0.352 e. The second-order valence-corrected chi connectivity index (χ2v) is 11.3. The molecule has 38 heavy (non-hydrogen) atoms. The molecular weight excluding hydrogens is 554 g/mol. The SMILES string of the molecule is Nc1nc(/C(=N/O[C@H]2CCNC2=O)C(=O)N[C@@H]2C(=O)N3C(C(=O)O)=C(CSc4ccncc4)CS[C@@H]23)cs1. The molecule has 2 saturated heterocycles. The summed E-state index contributed by atoms with van der Waals surface area (Å²) in [7, 11) is 0. The van der Waals surface area contributed by atoms with Crippen molar-refractivity contribution in [3.8, 4) is 0 Å². The van der Waals surface area contributed by atoms with E-state index in [2.05, 4.69) is 25.8 Å². The van der Waals surface area contributed by atoms with Gasteiger partial charge >= 0.3 is 5.97 Å². The standard InChI is InChI=1S/C22H21N7O6S3/c23-22-26-12(9-38-22)14(28-35-13-3-6-25-17(13)30)18(31)27-15-19(32)29-16(21(33)34)10(8-37-20(15)29)7-36-11-1-4-24-5-2-11/h1-2,4-5,9,13,15,20H,3,6-8H2,(H2,23,26)(H,25,30)(H,27,31)(H,33,34)/b28-14-/t13-,15+,20-/m0/s1. The number of aliphatic carboxylic acids is 1. The van der Waals surface area contributed by atoms with Gasteiger partial charge in [0.25, 0.3) is 17.7 Å². The fraction of sp³-hybridized carbons (Fsp3) is 0.318. The zero-order chi connectivity index (χ0) is 26.8. The molecule has 5 heterocycles. The number of anilines is 1. The largest absolute Gasteiger partial charge is 0.477 e. The first-order valence-electron chi connectivity index (χ1n) is 11.3. The van der Waals surface area contributed by atoms with Gasteiger partial charge in [0.15, 0.2) is 10.8 Å². The Balaban J connectivity index is 1.31. The highest BCUT2D eigenvalue weighted by Gasteiger charge is 2.54. The van der Waals surface area contributed by atoms with Crippen molar-refractivity contribution in [2.75, 3.05) is 23.8 Å². The maximum atomic E-state index is 13.2. The normalized spacial score (nSPS) is 23.0. The molecule has 2 fully saturated rings. The number of carboxylic acid groups (broad SMARTS) is 1. The maximum Gasteiger partial charge on any atom is 0.352 e. The highest BCUT2D eigenvalue weighted by atomic mass is 32.2. The van der Waals surface area contributed by atoms with Crippen LogP contribution in [0.25, 0.3) is 0 Å². The predicted octanol–water partition coefficient (Wildman–Crippen LogP) is 0.260. The van der Waals surface area contributed by atoms with Gasteiger partial charge in [-0.25, -0.2) is 9.78 Å². The number of carboxylic acids is 1. The molecule has 0 bridgehead atoms. The molecule has 3 amide bonds. The van der Waals surface area contributed by atoms with Gasteiger partial charge < -0.3 is 26.3 Å². The molecule has 0 aromatic carbocycles. The summed E-state index contributed by atoms with van der Waals surface area (Å²) < 4.78 is 0. The summed E-state index contributed by atoms with van der Waals surface area (Å²) in [6.45, 7) is 0.429. The van der Waals surface area contributed by atoms with Gasteiger partial charge in [-0.1, -0.05) is 5.16 Å². The summed E-state index contributed by atoms with van der Waals surface area (Å²) in [6.07, 6.45) is 2.84. The Bertz CT molecular complexity index is 1350. The van der Waals surface area contributed by atoms with Crippen molar-refractivity contribution in [1.29, 1.82) is 0 Å². The number of hydrogen-bond donors (Lipinski definition) is 4. The lowest BCUT2D eigenvalue weighted by atomic mass is 10.0. The van der Waals surface area contributed by atoms with E-state index in [1.165, 1.54) is 33.8 Å². The van der Waals surface area contributed by atoms with Crippen molar-refractivity contribution in [3.05, 3.63) is 46.9 Å². The van der Waals surface area contributed by atoms with E-state index in [-0.39, 0.29) is 28.1 Å². The molecule has 3 aliphatic heterocycles. The Morgan fingerprint density at radius 3 is 2.79 bits per heavy atom. The Hall–Kier alpha value is -3.63. The van der Waals surface area contributed by atoms with Crippen molar-refractivity contribution < 1.29 is 29.1 Å². The van der Waals surface area contributed by atoms with Crippen LogP contribution in [0.15, 0.2) is 51.2 Å². The summed E-state index contributed by atoms with van der Waals surface area (Å²) in [6, 6.07) is 2.66. The third-order valence-electron chi connectivity index (χ3n) is 5.85. The average Bonchev–Trinajstić information content (AvgIpc) is 3.53. The first-order valence-corrected chi connectivity index (χ1v) is 14.2. The number of fused-ring (bicyclic) bond motifs is 1. The number of nitrogens with two attached hydrogens (primary N) is 1. The van der Waals surface area contributed by atoms with Crippen molar-refractivity contribution in [2.45, 2.75) is 28.8 Å². The van der Waals surface area contributed by atoms with Crippen LogP contribution in [0.3, 0.4) is 0 Å². The fourth-order valence-corrected chi connectivity index (χ4v) is 6.91. The number of rotatable bonds is 9. The molecule has 0 radical (unpaired) electrons. The van der Waals surface area contributed by atoms with Crippen LogP contribution >= 0.6 is 34.9 Å². The quantitative estimate of drug-likeness (QED) is 0.139. The molecule has 0 unspecified atom stereocenters. The number of carbonyl (C=O) groups excluding carboxylic acids is 3. The predicted molar refractivity (Wildman–Crippen MR) is 140 cm³/mol. The molecule has 2 aromatic heterocycles. The summed E-state index contributed by atoms with van der Waals surface area (Å²) in [4.78, 5) is 65.7. The van der Waals surface area contributed by atoms with Gasteiger partial charge in [-0.2, -0.15) is 0 Å². The van der Waals surface area contributed by atoms with Crippen molar-refractivity contribution in [3.63, 3.8) is 0 Å². The summed E-state index contributed by atoms with van der Waals surface area (Å²) in [5, 5.41) is 20.1. The second-order valence-electron chi connectivity index (χ2n) is 8.27. The van der Waals surface area contributed by atoms with Crippen LogP contribution in [0.5, 0.6) is 0 Å². The Morgan fingerprint density at radius 2 is 2.13 bits per heavy atom. The molecule has 3 atom stereocenters. The van der Waals surface area contributed by atoms with Gasteiger partial charge in [0.2, 0.25) is 6.10 Å². The topological polar surface area (TPSA) is 189 Å². The van der Waals surface area contributed by atoms with Crippen LogP contribution in [0.2, 0.25) is 0 Å². The molecular formula is C22H21N7O6S3. The molecule has 0 saturated carbocycles. The Morgan fingerprint density at radius 1 is 1.34 bits per heavy atom. The number of amides is 3. The summed E-state index contributed by atoms with van der Waals surface area (Å²) in [5.41, 5.74) is 6.14. The first kappa shape index (κ1) is 26.0. The van der Waals surface area contributed by atoms with Gasteiger partial charge in [0.05, 0.1) is 0 Å². The molecule has 198 valence electrons. The van der Waals surface area contributed by atoms with Crippen LogP contribution in [0, 0.1) is 0 Å². The third-order valence-corrected chi connectivity index (χ3v) is 8.96. The molecule has 5 rings (SSSR count). The zero-order valence-electron chi connectivity index (χ0n) is 19.5. The van der Waals surface area contributed by atoms with E-state index in [0.29, 0.717) is 30.0 Å². The summed E-state index contributed by atoms with van der Waals surface area (Å²) >= 11 is 3.90. The number of oxime groups is 1. The highest BCUT2D eigenvalue weighted by Crippen LogP contribution is 2.41. The van der Waals surface area contributed by atoms with Gasteiger partial charge in [-0.15, -0.1) is 34.9 Å². The number of thiazole rings is 1. The number of carbonyl (C=O) groups is 4. The lowest BCUT2D eigenvalue weighted by Gasteiger charge is -2.49. The number of β-lactam (4-membered cyclic amide) rings is 1. The van der Waals surface area contributed by atoms with Gasteiger partial charge in [0.1, 0.15) is 22.8 Å². The van der Waals surface area contributed by atoms with Gasteiger partial charge in [0, 0.05) is 47.1 Å². The van der Waals surface area contributed by atoms with E-state index < -0.39 is 35.3 Å². The molecule has 3 aliphatic rings. The molecule has 5 N–H and O–H groups in total. The Labute approximate surface area is 228 Å². The highest BCUT2D eigenvalue weighted by molar-refractivity contribution is 8.01. The molecule has 0 aliphatic carbocycles. The minimum atomic E-state index is -1.21. The number of hydrogen-bond acceptors (Lipinski definition) is 12. The number of thioether (sulfide) groups is 2. The summed E-state index contributed by atoms with van der Waals surface area (Å²) in [5.74, 6) is -2.09. The lowest BCUT2D eigenvalue weighted by molar-refractivity contribution is -0.150. The maximum absolute atomic E-state index is 13.2. The average molecular weight is 576 g/mol. The molecule has 16 heteroatoms. The number of aromatic nitrogens is 2. The van der Waals surface area contributed by atoms with Crippen LogP contribution in [-0.4, -0.2) is 84.9 Å². The van der Waals surface area contributed by atoms with Gasteiger partial charge in [-0.3, -0.25) is 24.3 Å². The van der Waals surface area contributed by atoms with Crippen molar-refractivity contribution >= 4 is 69.4 Å². The van der Waals surface area contributed by atoms with E-state index in [9.17, 15) is 24.3 Å². The van der Waals surface area contributed by atoms with E-state index in [4.69, 9.17) is 10.6 Å². The van der Waals surface area contributed by atoms with E-state index in [1.807, 2.05) is 12.1 Å². The fourth-order valence-electron chi connectivity index (χ4n) is 4.00.